The summed E-state index contributed by atoms with van der Waals surface area (Å²) in [7, 11) is 0. The third-order valence-electron chi connectivity index (χ3n) is 3.49. The van der Waals surface area contributed by atoms with Gasteiger partial charge < -0.3 is 9.47 Å². The third kappa shape index (κ3) is 6.63. The lowest BCUT2D eigenvalue weighted by molar-refractivity contribution is -0.145. The zero-order valence-electron chi connectivity index (χ0n) is 16.0. The van der Waals surface area contributed by atoms with Crippen LogP contribution in [0.25, 0.3) is 0 Å². The second kappa shape index (κ2) is 9.68. The van der Waals surface area contributed by atoms with Crippen molar-refractivity contribution in [2.24, 2.45) is 0 Å². The molecule has 2 aromatic carbocycles. The van der Waals surface area contributed by atoms with E-state index in [0.29, 0.717) is 9.13 Å². The smallest absolute Gasteiger partial charge is 0.417 e. The van der Waals surface area contributed by atoms with Crippen LogP contribution in [0.3, 0.4) is 0 Å². The molecule has 0 radical (unpaired) electrons. The lowest BCUT2D eigenvalue weighted by Gasteiger charge is -2.26. The number of ether oxygens (including phenoxy) is 2. The van der Waals surface area contributed by atoms with Crippen molar-refractivity contribution in [2.45, 2.75) is 33.0 Å². The van der Waals surface area contributed by atoms with Crippen molar-refractivity contribution in [3.05, 3.63) is 69.3 Å². The highest BCUT2D eigenvalue weighted by Crippen LogP contribution is 2.17. The van der Waals surface area contributed by atoms with Crippen LogP contribution in [0, 0.1) is 3.57 Å². The summed E-state index contributed by atoms with van der Waals surface area (Å²) < 4.78 is 11.2. The molecule has 0 aromatic heterocycles. The Bertz CT molecular complexity index is 845. The van der Waals surface area contributed by atoms with E-state index in [4.69, 9.17) is 9.47 Å². The first-order valence-electron chi connectivity index (χ1n) is 8.66. The number of hydrogen-bond donors (Lipinski definition) is 0. The maximum Gasteiger partial charge on any atom is 0.417 e. The third-order valence-corrected chi connectivity index (χ3v) is 4.43. The van der Waals surface area contributed by atoms with Crippen molar-refractivity contribution >= 4 is 40.6 Å². The van der Waals surface area contributed by atoms with Crippen LogP contribution in [-0.2, 0) is 20.9 Å². The Labute approximate surface area is 178 Å². The van der Waals surface area contributed by atoms with E-state index in [0.717, 1.165) is 10.5 Å². The van der Waals surface area contributed by atoms with Gasteiger partial charge in [0.25, 0.3) is 5.91 Å². The van der Waals surface area contributed by atoms with Crippen LogP contribution in [0.15, 0.2) is 54.6 Å². The molecule has 0 saturated heterocycles. The van der Waals surface area contributed by atoms with Crippen molar-refractivity contribution in [2.75, 3.05) is 6.54 Å². The largest absolute Gasteiger partial charge is 0.459 e. The van der Waals surface area contributed by atoms with Gasteiger partial charge in [-0.3, -0.25) is 9.59 Å². The Kier molecular flexibility index (Phi) is 7.56. The molecule has 0 atom stereocenters. The molecule has 0 saturated carbocycles. The zero-order valence-corrected chi connectivity index (χ0v) is 18.1. The van der Waals surface area contributed by atoms with Gasteiger partial charge in [-0.2, -0.15) is 0 Å². The van der Waals surface area contributed by atoms with Crippen LogP contribution >= 0.6 is 22.6 Å². The predicted octanol–water partition coefficient (Wildman–Crippen LogP) is 4.41. The minimum absolute atomic E-state index is 0.0545. The molecule has 2 amide bonds. The number of halogens is 1. The first-order chi connectivity index (χ1) is 13.2. The molecule has 2 aromatic rings. The molecule has 2 rings (SSSR count). The maximum absolute atomic E-state index is 12.9. The van der Waals surface area contributed by atoms with Crippen LogP contribution in [0.2, 0.25) is 0 Å². The van der Waals surface area contributed by atoms with Gasteiger partial charge in [0.1, 0.15) is 18.8 Å². The standard InChI is InChI=1S/C21H22INO5/c1-21(2,3)28-20(26)23(19(25)16-11-7-8-12-17(16)22)13-18(24)27-14-15-9-5-4-6-10-15/h4-12H,13-14H2,1-3H3. The van der Waals surface area contributed by atoms with E-state index in [1.807, 2.05) is 52.9 Å². The number of amides is 2. The number of carbonyl (C=O) groups excluding carboxylic acids is 3. The van der Waals surface area contributed by atoms with Gasteiger partial charge in [0.05, 0.1) is 5.56 Å². The molecule has 6 nitrogen and oxygen atoms in total. The van der Waals surface area contributed by atoms with E-state index in [2.05, 4.69) is 0 Å². The monoisotopic (exact) mass is 495 g/mol. The van der Waals surface area contributed by atoms with Crippen LogP contribution in [0.4, 0.5) is 4.79 Å². The number of hydrogen-bond acceptors (Lipinski definition) is 5. The maximum atomic E-state index is 12.9. The summed E-state index contributed by atoms with van der Waals surface area (Å²) in [6.07, 6.45) is -0.895. The first-order valence-corrected chi connectivity index (χ1v) is 9.74. The molecule has 0 N–H and O–H groups in total. The fraction of sp³-hybridized carbons (Fsp3) is 0.286. The van der Waals surface area contributed by atoms with Gasteiger partial charge in [-0.05, 0) is 61.1 Å². The van der Waals surface area contributed by atoms with Crippen molar-refractivity contribution in [1.82, 2.24) is 4.90 Å². The lowest BCUT2D eigenvalue weighted by atomic mass is 10.2. The van der Waals surface area contributed by atoms with Crippen LogP contribution in [-0.4, -0.2) is 35.0 Å². The van der Waals surface area contributed by atoms with Gasteiger partial charge in [0.2, 0.25) is 0 Å². The highest BCUT2D eigenvalue weighted by atomic mass is 127. The summed E-state index contributed by atoms with van der Waals surface area (Å²) in [6, 6.07) is 16.0. The normalized spacial score (nSPS) is 10.9. The summed E-state index contributed by atoms with van der Waals surface area (Å²) in [6.45, 7) is 4.58. The zero-order chi connectivity index (χ0) is 20.7. The van der Waals surface area contributed by atoms with Gasteiger partial charge in [0, 0.05) is 3.57 Å². The first kappa shape index (κ1) is 21.9. The molecule has 7 heteroatoms. The fourth-order valence-electron chi connectivity index (χ4n) is 2.23. The molecule has 0 fully saturated rings. The van der Waals surface area contributed by atoms with Gasteiger partial charge >= 0.3 is 12.1 Å². The topological polar surface area (TPSA) is 72.9 Å². The number of imide groups is 1. The van der Waals surface area contributed by atoms with Crippen LogP contribution < -0.4 is 0 Å². The van der Waals surface area contributed by atoms with E-state index in [1.165, 1.54) is 0 Å². The number of nitrogens with zero attached hydrogens (tertiary/aromatic N) is 1. The Hall–Kier alpha value is -2.42. The van der Waals surface area contributed by atoms with Crippen molar-refractivity contribution in [3.8, 4) is 0 Å². The predicted molar refractivity (Wildman–Crippen MR) is 113 cm³/mol. The minimum Gasteiger partial charge on any atom is -0.459 e. The summed E-state index contributed by atoms with van der Waals surface area (Å²) >= 11 is 2.00. The van der Waals surface area contributed by atoms with Gasteiger partial charge in [-0.1, -0.05) is 42.5 Å². The summed E-state index contributed by atoms with van der Waals surface area (Å²) in [4.78, 5) is 38.5. The Morgan fingerprint density at radius 3 is 2.18 bits per heavy atom. The molecular formula is C21H22INO5. The average molecular weight is 495 g/mol. The summed E-state index contributed by atoms with van der Waals surface area (Å²) in [5.41, 5.74) is 0.307. The molecule has 0 spiro atoms. The van der Waals surface area contributed by atoms with E-state index in [9.17, 15) is 14.4 Å². The number of rotatable bonds is 5. The number of benzene rings is 2. The lowest BCUT2D eigenvalue weighted by Crippen LogP contribution is -2.44. The molecule has 148 valence electrons. The average Bonchev–Trinajstić information content (AvgIpc) is 2.63. The second-order valence-corrected chi connectivity index (χ2v) is 8.16. The number of esters is 1. The second-order valence-electron chi connectivity index (χ2n) is 7.00. The van der Waals surface area contributed by atoms with E-state index in [1.54, 1.807) is 45.0 Å². The Balaban J connectivity index is 2.15. The van der Waals surface area contributed by atoms with Crippen molar-refractivity contribution in [1.29, 1.82) is 0 Å². The molecule has 0 unspecified atom stereocenters. The molecule has 0 aliphatic heterocycles. The van der Waals surface area contributed by atoms with Gasteiger partial charge in [0.15, 0.2) is 0 Å². The quantitative estimate of drug-likeness (QED) is 0.454. The summed E-state index contributed by atoms with van der Waals surface area (Å²) in [5.74, 6) is -1.31. The summed E-state index contributed by atoms with van der Waals surface area (Å²) in [5, 5.41) is 0. The SMILES string of the molecule is CC(C)(C)OC(=O)N(CC(=O)OCc1ccccc1)C(=O)c1ccccc1I. The molecule has 0 heterocycles. The minimum atomic E-state index is -0.895. The van der Waals surface area contributed by atoms with Gasteiger partial charge in [-0.25, -0.2) is 9.69 Å². The highest BCUT2D eigenvalue weighted by molar-refractivity contribution is 14.1. The van der Waals surface area contributed by atoms with Crippen molar-refractivity contribution in [3.63, 3.8) is 0 Å². The molecule has 28 heavy (non-hydrogen) atoms. The molecular weight excluding hydrogens is 473 g/mol. The Morgan fingerprint density at radius 2 is 1.57 bits per heavy atom. The van der Waals surface area contributed by atoms with E-state index < -0.39 is 30.1 Å². The van der Waals surface area contributed by atoms with Gasteiger partial charge in [-0.15, -0.1) is 0 Å². The van der Waals surface area contributed by atoms with Crippen LogP contribution in [0.1, 0.15) is 36.7 Å². The van der Waals surface area contributed by atoms with Crippen molar-refractivity contribution < 1.29 is 23.9 Å². The van der Waals surface area contributed by atoms with E-state index >= 15 is 0 Å². The van der Waals surface area contributed by atoms with E-state index in [-0.39, 0.29) is 6.61 Å². The van der Waals surface area contributed by atoms with Crippen LogP contribution in [0.5, 0.6) is 0 Å². The molecule has 0 aliphatic rings. The Morgan fingerprint density at radius 1 is 0.964 bits per heavy atom. The molecule has 0 bridgehead atoms. The molecule has 0 aliphatic carbocycles. The fourth-order valence-corrected chi connectivity index (χ4v) is 2.85. The highest BCUT2D eigenvalue weighted by Gasteiger charge is 2.31. The number of carbonyl (C=O) groups is 3.